The summed E-state index contributed by atoms with van der Waals surface area (Å²) in [6.45, 7) is 9.02. The molecule has 0 aliphatic heterocycles. The van der Waals surface area contributed by atoms with E-state index in [2.05, 4.69) is 52.0 Å². The molecule has 0 unspecified atom stereocenters. The van der Waals surface area contributed by atoms with E-state index in [0.717, 1.165) is 97.2 Å². The number of rotatable bonds is 46. The Kier molecular flexibility index (Phi) is 41.9. The molecule has 0 fully saturated rings. The Hall–Kier alpha value is -1.52. The summed E-state index contributed by atoms with van der Waals surface area (Å²) in [7, 11) is -9.03. The van der Waals surface area contributed by atoms with Gasteiger partial charge in [-0.3, -0.25) is 0 Å². The van der Waals surface area contributed by atoms with Gasteiger partial charge in [0.05, 0.1) is 9.79 Å². The molecule has 0 aliphatic carbocycles. The van der Waals surface area contributed by atoms with Gasteiger partial charge in [0.15, 0.2) is 0 Å². The van der Waals surface area contributed by atoms with Crippen molar-refractivity contribution in [3.05, 3.63) is 82.9 Å². The first-order valence-corrected chi connectivity index (χ1v) is 34.8. The van der Waals surface area contributed by atoms with Crippen molar-refractivity contribution >= 4 is 79.5 Å². The van der Waals surface area contributed by atoms with E-state index in [1.807, 2.05) is 24.3 Å². The first kappa shape index (κ1) is 71.6. The van der Waals surface area contributed by atoms with Gasteiger partial charge in [0.25, 0.3) is 0 Å². The predicted molar refractivity (Wildman–Crippen MR) is 332 cm³/mol. The number of benzene rings is 4. The van der Waals surface area contributed by atoms with Crippen LogP contribution in [0.4, 0.5) is 0 Å². The topological polar surface area (TPSA) is 114 Å². The fraction of sp³-hybridized carbons (Fsp3) is 0.706. The molecule has 9 heteroatoms. The number of aryl methyl sites for hydroxylation is 4. The standard InChI is InChI=1S/2C34H56O3S.Ca/c2*1-3-5-7-9-11-13-15-17-19-21-23-30-25-26-32-27-31(29-34(33(32)28-30)38(35,36)37)24-22-20-18-16-14-12-10-8-6-4-2;/h2*25-29H,3-24H2,1-2H3,(H,35,36,37);/q;;+2/p-2. The van der Waals surface area contributed by atoms with Crippen molar-refractivity contribution in [2.45, 2.75) is 320 Å². The Morgan fingerprint density at radius 3 is 0.701 bits per heavy atom. The first-order valence-electron chi connectivity index (χ1n) is 31.9. The zero-order valence-corrected chi connectivity index (χ0v) is 53.7. The third-order valence-electron chi connectivity index (χ3n) is 15.9. The number of hydrogen-bond donors (Lipinski definition) is 0. The monoisotopic (exact) mass is 1130 g/mol. The maximum atomic E-state index is 12.1. The van der Waals surface area contributed by atoms with Crippen molar-refractivity contribution in [1.29, 1.82) is 0 Å². The van der Waals surface area contributed by atoms with Gasteiger partial charge in [-0.15, -0.1) is 0 Å². The van der Waals surface area contributed by atoms with Gasteiger partial charge in [-0.2, -0.15) is 0 Å². The van der Waals surface area contributed by atoms with Crippen LogP contribution in [-0.4, -0.2) is 63.7 Å². The van der Waals surface area contributed by atoms with Crippen molar-refractivity contribution in [1.82, 2.24) is 0 Å². The minimum atomic E-state index is -4.52. The molecule has 6 nitrogen and oxygen atoms in total. The molecule has 0 bridgehead atoms. The third kappa shape index (κ3) is 33.2. The number of hydrogen-bond acceptors (Lipinski definition) is 6. The van der Waals surface area contributed by atoms with Gasteiger partial charge in [-0.1, -0.05) is 295 Å². The first-order chi connectivity index (χ1) is 36.9. The van der Waals surface area contributed by atoms with Gasteiger partial charge in [0, 0.05) is 0 Å². The SMILES string of the molecule is CCCCCCCCCCCCc1cc(S(=O)(=O)[O-])c2cc(CCCCCCCCCCCC)ccc2c1.CCCCCCCCCCCCc1cc(S(=O)(=O)[O-])c2cc(CCCCCCCCCCCC)ccc2c1.[Ca+2]. The molecule has 432 valence electrons. The Balaban J connectivity index is 0.000000520. The molecule has 4 aromatic carbocycles. The summed E-state index contributed by atoms with van der Waals surface area (Å²) < 4.78 is 72.8. The Morgan fingerprint density at radius 1 is 0.273 bits per heavy atom. The van der Waals surface area contributed by atoms with Crippen LogP contribution in [-0.2, 0) is 45.9 Å². The summed E-state index contributed by atoms with van der Waals surface area (Å²) >= 11 is 0. The molecule has 77 heavy (non-hydrogen) atoms. The smallest absolute Gasteiger partial charge is 0.744 e. The van der Waals surface area contributed by atoms with Crippen LogP contribution in [0.15, 0.2) is 70.5 Å². The quantitative estimate of drug-likeness (QED) is 0.0247. The van der Waals surface area contributed by atoms with Crippen molar-refractivity contribution in [3.8, 4) is 0 Å². The molecule has 0 amide bonds. The molecule has 0 aliphatic rings. The largest absolute Gasteiger partial charge is 2.00 e. The molecule has 0 saturated heterocycles. The van der Waals surface area contributed by atoms with Crippen molar-refractivity contribution in [2.24, 2.45) is 0 Å². The summed E-state index contributed by atoms with van der Waals surface area (Å²) in [4.78, 5) is -0.0796. The number of fused-ring (bicyclic) bond motifs is 2. The Bertz CT molecular complexity index is 2160. The zero-order chi connectivity index (χ0) is 55.0. The van der Waals surface area contributed by atoms with Gasteiger partial charge in [0.2, 0.25) is 0 Å². The molecule has 0 heterocycles. The third-order valence-corrected chi connectivity index (χ3v) is 17.6. The summed E-state index contributed by atoms with van der Waals surface area (Å²) in [5.74, 6) is 0. The van der Waals surface area contributed by atoms with E-state index in [1.54, 1.807) is 12.1 Å². The van der Waals surface area contributed by atoms with Gasteiger partial charge in [-0.05, 0) is 119 Å². The van der Waals surface area contributed by atoms with Gasteiger partial charge < -0.3 is 9.11 Å². The number of unbranched alkanes of at least 4 members (excludes halogenated alkanes) is 36. The zero-order valence-electron chi connectivity index (χ0n) is 49.9. The average molecular weight is 1130 g/mol. The van der Waals surface area contributed by atoms with Crippen molar-refractivity contribution < 1.29 is 25.9 Å². The van der Waals surface area contributed by atoms with Crippen molar-refractivity contribution in [2.75, 3.05) is 0 Å². The molecule has 0 aromatic heterocycles. The molecule has 4 aromatic rings. The van der Waals surface area contributed by atoms with E-state index >= 15 is 0 Å². The molecular formula is C68H110CaO6S2. The molecule has 0 radical (unpaired) electrons. The second-order valence-electron chi connectivity index (χ2n) is 22.9. The van der Waals surface area contributed by atoms with Gasteiger partial charge in [0.1, 0.15) is 20.2 Å². The van der Waals surface area contributed by atoms with E-state index in [0.29, 0.717) is 10.8 Å². The Morgan fingerprint density at radius 2 is 0.481 bits per heavy atom. The van der Waals surface area contributed by atoms with E-state index in [1.165, 1.54) is 218 Å². The van der Waals surface area contributed by atoms with E-state index in [4.69, 9.17) is 0 Å². The van der Waals surface area contributed by atoms with Crippen LogP contribution in [0.5, 0.6) is 0 Å². The van der Waals surface area contributed by atoms with Crippen LogP contribution >= 0.6 is 0 Å². The molecular weight excluding hydrogens is 1020 g/mol. The molecule has 4 rings (SSSR count). The van der Waals surface area contributed by atoms with Gasteiger partial charge >= 0.3 is 37.7 Å². The Labute approximate surface area is 504 Å². The summed E-state index contributed by atoms with van der Waals surface area (Å²) in [5, 5.41) is 2.93. The summed E-state index contributed by atoms with van der Waals surface area (Å²) in [6, 6.07) is 19.6. The average Bonchev–Trinajstić information content (AvgIpc) is 3.40. The molecule has 0 spiro atoms. The molecule has 0 atom stereocenters. The van der Waals surface area contributed by atoms with Crippen molar-refractivity contribution in [3.63, 3.8) is 0 Å². The van der Waals surface area contributed by atoms with E-state index < -0.39 is 20.2 Å². The van der Waals surface area contributed by atoms with Crippen LogP contribution in [0.1, 0.15) is 307 Å². The second-order valence-corrected chi connectivity index (χ2v) is 25.6. The normalized spacial score (nSPS) is 11.8. The minimum absolute atomic E-state index is 0. The van der Waals surface area contributed by atoms with Crippen LogP contribution in [0.3, 0.4) is 0 Å². The van der Waals surface area contributed by atoms with E-state index in [-0.39, 0.29) is 47.5 Å². The molecule has 0 saturated carbocycles. The summed E-state index contributed by atoms with van der Waals surface area (Å²) in [5.41, 5.74) is 4.19. The summed E-state index contributed by atoms with van der Waals surface area (Å²) in [6.07, 6.45) is 55.0. The van der Waals surface area contributed by atoms with Crippen LogP contribution in [0, 0.1) is 0 Å². The van der Waals surface area contributed by atoms with Gasteiger partial charge in [-0.25, -0.2) is 16.8 Å². The fourth-order valence-electron chi connectivity index (χ4n) is 11.1. The minimum Gasteiger partial charge on any atom is -0.744 e. The fourth-order valence-corrected chi connectivity index (χ4v) is 12.6. The maximum Gasteiger partial charge on any atom is 2.00 e. The van der Waals surface area contributed by atoms with Crippen LogP contribution in [0.2, 0.25) is 0 Å². The van der Waals surface area contributed by atoms with E-state index in [9.17, 15) is 25.9 Å². The van der Waals surface area contributed by atoms with Crippen LogP contribution in [0.25, 0.3) is 21.5 Å². The molecule has 0 N–H and O–H groups in total. The van der Waals surface area contributed by atoms with Crippen LogP contribution < -0.4 is 0 Å². The predicted octanol–water partition coefficient (Wildman–Crippen LogP) is 21.0. The second kappa shape index (κ2) is 45.1. The maximum absolute atomic E-state index is 12.1.